The van der Waals surface area contributed by atoms with Crippen LogP contribution in [-0.2, 0) is 25.4 Å². The molecule has 82 valence electrons. The van der Waals surface area contributed by atoms with Crippen LogP contribution in [0.4, 0.5) is 0 Å². The molecule has 0 saturated carbocycles. The first kappa shape index (κ1) is 13.5. The fraction of sp³-hybridized carbons (Fsp3) is 0.667. The third kappa shape index (κ3) is 6.94. The monoisotopic (exact) mass is 220 g/mol. The Balaban J connectivity index is 3.29. The van der Waals surface area contributed by atoms with Crippen LogP contribution in [0.5, 0.6) is 0 Å². The molecule has 0 fully saturated rings. The van der Waals surface area contributed by atoms with E-state index in [-0.39, 0.29) is 11.9 Å². The van der Waals surface area contributed by atoms with E-state index < -0.39 is 17.1 Å². The van der Waals surface area contributed by atoms with Gasteiger partial charge in [-0.2, -0.15) is 0 Å². The van der Waals surface area contributed by atoms with Crippen LogP contribution in [0.1, 0.15) is 6.92 Å². The molecular formula is C9H16O4S. The third-order valence-corrected chi connectivity index (χ3v) is 2.83. The van der Waals surface area contributed by atoms with Crippen LogP contribution >= 0.6 is 0 Å². The number of carbonyl (C=O) groups is 1. The first-order chi connectivity index (χ1) is 6.57. The predicted molar refractivity (Wildman–Crippen MR) is 55.5 cm³/mol. The van der Waals surface area contributed by atoms with Crippen molar-refractivity contribution < 1.29 is 18.8 Å². The third-order valence-electron chi connectivity index (χ3n) is 1.56. The van der Waals surface area contributed by atoms with E-state index in [1.807, 2.05) is 6.92 Å². The van der Waals surface area contributed by atoms with E-state index in [0.717, 1.165) is 6.08 Å². The second kappa shape index (κ2) is 7.84. The Bertz CT molecular complexity index is 182. The molecule has 0 amide bonds. The van der Waals surface area contributed by atoms with Gasteiger partial charge in [0.25, 0.3) is 0 Å². The predicted octanol–water partition coefficient (Wildman–Crippen LogP) is 0.499. The maximum Gasteiger partial charge on any atom is 0.330 e. The van der Waals surface area contributed by atoms with Crippen LogP contribution in [0.25, 0.3) is 0 Å². The zero-order valence-electron chi connectivity index (χ0n) is 8.52. The largest absolute Gasteiger partial charge is 0.616 e. The standard InChI is InChI=1S/C9H16O4S/c1-4-9(10)13-6-5-12-7-8(2)14(3)11/h4,8H,1,5-7H2,2-3H3. The van der Waals surface area contributed by atoms with Crippen LogP contribution in [0.3, 0.4) is 0 Å². The molecular weight excluding hydrogens is 204 g/mol. The van der Waals surface area contributed by atoms with Crippen molar-refractivity contribution in [3.8, 4) is 0 Å². The molecule has 0 heterocycles. The van der Waals surface area contributed by atoms with Crippen molar-refractivity contribution in [2.45, 2.75) is 12.2 Å². The molecule has 5 heteroatoms. The highest BCUT2D eigenvalue weighted by Crippen LogP contribution is 1.98. The van der Waals surface area contributed by atoms with Crippen LogP contribution < -0.4 is 0 Å². The average molecular weight is 220 g/mol. The topological polar surface area (TPSA) is 58.6 Å². The molecule has 0 saturated heterocycles. The van der Waals surface area contributed by atoms with E-state index in [4.69, 9.17) is 4.74 Å². The maximum absolute atomic E-state index is 10.9. The van der Waals surface area contributed by atoms with Crippen molar-refractivity contribution in [3.05, 3.63) is 12.7 Å². The fourth-order valence-electron chi connectivity index (χ4n) is 0.605. The molecule has 0 radical (unpaired) electrons. The lowest BCUT2D eigenvalue weighted by atomic mass is 10.5. The molecule has 0 N–H and O–H groups in total. The maximum atomic E-state index is 10.9. The Hall–Kier alpha value is -0.520. The smallest absolute Gasteiger partial charge is 0.330 e. The Kier molecular flexibility index (Phi) is 7.55. The van der Waals surface area contributed by atoms with Gasteiger partial charge in [0.2, 0.25) is 0 Å². The van der Waals surface area contributed by atoms with Crippen LogP contribution in [0.15, 0.2) is 12.7 Å². The summed E-state index contributed by atoms with van der Waals surface area (Å²) in [6, 6.07) is 0. The van der Waals surface area contributed by atoms with Crippen LogP contribution in [0, 0.1) is 0 Å². The summed E-state index contributed by atoms with van der Waals surface area (Å²) < 4.78 is 20.7. The molecule has 0 aromatic rings. The number of ether oxygens (including phenoxy) is 2. The van der Waals surface area contributed by atoms with Crippen LogP contribution in [-0.4, -0.2) is 41.8 Å². The Morgan fingerprint density at radius 2 is 2.29 bits per heavy atom. The summed E-state index contributed by atoms with van der Waals surface area (Å²) in [6.07, 6.45) is 2.73. The minimum atomic E-state index is -0.875. The van der Waals surface area contributed by atoms with Gasteiger partial charge < -0.3 is 14.0 Å². The zero-order valence-corrected chi connectivity index (χ0v) is 9.34. The summed E-state index contributed by atoms with van der Waals surface area (Å²) in [7, 11) is 0. The molecule has 0 aliphatic heterocycles. The first-order valence-electron chi connectivity index (χ1n) is 4.27. The summed E-state index contributed by atoms with van der Waals surface area (Å²) in [6.45, 7) is 6.03. The van der Waals surface area contributed by atoms with Gasteiger partial charge in [0.1, 0.15) is 11.9 Å². The van der Waals surface area contributed by atoms with Gasteiger partial charge in [-0.3, -0.25) is 0 Å². The second-order valence-electron chi connectivity index (χ2n) is 2.76. The number of esters is 1. The van der Waals surface area contributed by atoms with Crippen molar-refractivity contribution in [2.24, 2.45) is 0 Å². The SMILES string of the molecule is C=CC(=O)OCCOCC(C)[S+](C)[O-]. The number of rotatable bonds is 7. The molecule has 0 bridgehead atoms. The van der Waals surface area contributed by atoms with E-state index in [9.17, 15) is 9.35 Å². The Morgan fingerprint density at radius 3 is 2.79 bits per heavy atom. The molecule has 2 atom stereocenters. The van der Waals surface area contributed by atoms with E-state index in [2.05, 4.69) is 11.3 Å². The van der Waals surface area contributed by atoms with Crippen molar-refractivity contribution >= 4 is 17.1 Å². The normalized spacial score (nSPS) is 14.5. The summed E-state index contributed by atoms with van der Waals surface area (Å²) in [5, 5.41) is 0.00473. The van der Waals surface area contributed by atoms with Crippen LogP contribution in [0.2, 0.25) is 0 Å². The second-order valence-corrected chi connectivity index (χ2v) is 4.56. The molecule has 0 aliphatic carbocycles. The quantitative estimate of drug-likeness (QED) is 0.271. The van der Waals surface area contributed by atoms with Gasteiger partial charge in [-0.25, -0.2) is 4.79 Å². The highest BCUT2D eigenvalue weighted by Gasteiger charge is 2.10. The fourth-order valence-corrected chi connectivity index (χ4v) is 0.893. The Labute approximate surface area is 87.5 Å². The molecule has 0 aromatic carbocycles. The summed E-state index contributed by atoms with van der Waals surface area (Å²) in [5.74, 6) is -0.458. The lowest BCUT2D eigenvalue weighted by molar-refractivity contribution is -0.139. The minimum Gasteiger partial charge on any atom is -0.616 e. The van der Waals surface area contributed by atoms with Crippen molar-refractivity contribution in [3.63, 3.8) is 0 Å². The molecule has 0 spiro atoms. The molecule has 2 unspecified atom stereocenters. The van der Waals surface area contributed by atoms with Crippen molar-refractivity contribution in [1.29, 1.82) is 0 Å². The van der Waals surface area contributed by atoms with Gasteiger partial charge in [0, 0.05) is 6.08 Å². The van der Waals surface area contributed by atoms with Gasteiger partial charge in [0.15, 0.2) is 0 Å². The van der Waals surface area contributed by atoms with E-state index >= 15 is 0 Å². The molecule has 0 aliphatic rings. The van der Waals surface area contributed by atoms with E-state index in [1.165, 1.54) is 0 Å². The first-order valence-corrected chi connectivity index (χ1v) is 5.89. The van der Waals surface area contributed by atoms with Gasteiger partial charge >= 0.3 is 5.97 Å². The van der Waals surface area contributed by atoms with E-state index in [1.54, 1.807) is 6.26 Å². The summed E-state index contributed by atoms with van der Waals surface area (Å²) in [5.41, 5.74) is 0. The molecule has 14 heavy (non-hydrogen) atoms. The number of carbonyl (C=O) groups excluding carboxylic acids is 1. The van der Waals surface area contributed by atoms with Gasteiger partial charge in [-0.1, -0.05) is 17.8 Å². The molecule has 0 aromatic heterocycles. The van der Waals surface area contributed by atoms with Gasteiger partial charge in [-0.05, 0) is 6.92 Å². The van der Waals surface area contributed by atoms with Crippen molar-refractivity contribution in [2.75, 3.05) is 26.1 Å². The van der Waals surface area contributed by atoms with E-state index in [0.29, 0.717) is 13.2 Å². The summed E-state index contributed by atoms with van der Waals surface area (Å²) in [4.78, 5) is 10.6. The van der Waals surface area contributed by atoms with Gasteiger partial charge in [0.05, 0.1) is 19.5 Å². The average Bonchev–Trinajstić information content (AvgIpc) is 2.16. The lowest BCUT2D eigenvalue weighted by Gasteiger charge is -2.13. The minimum absolute atomic E-state index is 0.00473. The molecule has 0 rings (SSSR count). The zero-order chi connectivity index (χ0) is 11.0. The number of hydrogen-bond acceptors (Lipinski definition) is 4. The van der Waals surface area contributed by atoms with Gasteiger partial charge in [-0.15, -0.1) is 0 Å². The van der Waals surface area contributed by atoms with Crippen molar-refractivity contribution in [1.82, 2.24) is 0 Å². The highest BCUT2D eigenvalue weighted by molar-refractivity contribution is 7.91. The lowest BCUT2D eigenvalue weighted by Crippen LogP contribution is -2.23. The Morgan fingerprint density at radius 1 is 1.64 bits per heavy atom. The summed E-state index contributed by atoms with van der Waals surface area (Å²) >= 11 is -0.875. The highest BCUT2D eigenvalue weighted by atomic mass is 32.2. The molecule has 4 nitrogen and oxygen atoms in total. The number of hydrogen-bond donors (Lipinski definition) is 0.